The lowest BCUT2D eigenvalue weighted by Gasteiger charge is -2.09. The molecule has 1 aromatic rings. The first-order chi connectivity index (χ1) is 8.58. The highest BCUT2D eigenvalue weighted by Gasteiger charge is 2.02. The molecule has 4 nitrogen and oxygen atoms in total. The Bertz CT molecular complexity index is 361. The van der Waals surface area contributed by atoms with Gasteiger partial charge in [-0.2, -0.15) is 0 Å². The fourth-order valence-corrected chi connectivity index (χ4v) is 1.64. The maximum atomic E-state index is 11.6. The minimum Gasteiger partial charge on any atom is -0.508 e. The van der Waals surface area contributed by atoms with Crippen LogP contribution in [0.25, 0.3) is 0 Å². The van der Waals surface area contributed by atoms with E-state index < -0.39 is 0 Å². The van der Waals surface area contributed by atoms with E-state index in [-0.39, 0.29) is 11.7 Å². The SMILES string of the molecule is CN(C)CCCCNC(=O)Cc1ccc(O)cc1. The number of carbonyl (C=O) groups excluding carboxylic acids is 1. The van der Waals surface area contributed by atoms with Gasteiger partial charge in [0, 0.05) is 6.54 Å². The van der Waals surface area contributed by atoms with E-state index in [1.165, 1.54) is 0 Å². The highest BCUT2D eigenvalue weighted by atomic mass is 16.3. The minimum absolute atomic E-state index is 0.0329. The van der Waals surface area contributed by atoms with Crippen molar-refractivity contribution in [3.05, 3.63) is 29.8 Å². The molecule has 0 unspecified atom stereocenters. The van der Waals surface area contributed by atoms with Crippen LogP contribution < -0.4 is 5.32 Å². The Labute approximate surface area is 109 Å². The first kappa shape index (κ1) is 14.5. The average molecular weight is 250 g/mol. The van der Waals surface area contributed by atoms with Crippen molar-refractivity contribution < 1.29 is 9.90 Å². The molecular weight excluding hydrogens is 228 g/mol. The Balaban J connectivity index is 2.16. The summed E-state index contributed by atoms with van der Waals surface area (Å²) in [6, 6.07) is 6.72. The molecule has 18 heavy (non-hydrogen) atoms. The number of hydrogen-bond acceptors (Lipinski definition) is 3. The van der Waals surface area contributed by atoms with Crippen LogP contribution in [-0.4, -0.2) is 43.1 Å². The number of nitrogens with zero attached hydrogens (tertiary/aromatic N) is 1. The van der Waals surface area contributed by atoms with Crippen molar-refractivity contribution in [2.75, 3.05) is 27.2 Å². The molecule has 4 heteroatoms. The molecule has 0 heterocycles. The Kier molecular flexibility index (Phi) is 6.22. The van der Waals surface area contributed by atoms with Gasteiger partial charge in [-0.05, 0) is 51.2 Å². The van der Waals surface area contributed by atoms with E-state index in [9.17, 15) is 4.79 Å². The summed E-state index contributed by atoms with van der Waals surface area (Å²) < 4.78 is 0. The molecule has 0 atom stereocenters. The molecule has 0 saturated heterocycles. The fraction of sp³-hybridized carbons (Fsp3) is 0.500. The summed E-state index contributed by atoms with van der Waals surface area (Å²) in [6.45, 7) is 1.78. The Morgan fingerprint density at radius 2 is 1.89 bits per heavy atom. The summed E-state index contributed by atoms with van der Waals surface area (Å²) >= 11 is 0. The summed E-state index contributed by atoms with van der Waals surface area (Å²) in [5.74, 6) is 0.258. The topological polar surface area (TPSA) is 52.6 Å². The molecule has 0 aliphatic carbocycles. The lowest BCUT2D eigenvalue weighted by Crippen LogP contribution is -2.26. The standard InChI is InChI=1S/C14H22N2O2/c1-16(2)10-4-3-9-15-14(18)11-12-5-7-13(17)8-6-12/h5-8,17H,3-4,9-11H2,1-2H3,(H,15,18). The summed E-state index contributed by atoms with van der Waals surface area (Å²) in [4.78, 5) is 13.7. The van der Waals surface area contributed by atoms with E-state index in [1.807, 2.05) is 14.1 Å². The zero-order valence-corrected chi connectivity index (χ0v) is 11.1. The van der Waals surface area contributed by atoms with E-state index in [0.29, 0.717) is 6.42 Å². The van der Waals surface area contributed by atoms with Crippen molar-refractivity contribution in [3.8, 4) is 5.75 Å². The molecule has 0 aliphatic rings. The number of nitrogens with one attached hydrogen (secondary N) is 1. The second-order valence-corrected chi connectivity index (χ2v) is 4.70. The second-order valence-electron chi connectivity index (χ2n) is 4.70. The third-order valence-corrected chi connectivity index (χ3v) is 2.66. The highest BCUT2D eigenvalue weighted by Crippen LogP contribution is 2.09. The number of hydrogen-bond donors (Lipinski definition) is 2. The van der Waals surface area contributed by atoms with Gasteiger partial charge in [0.15, 0.2) is 0 Å². The van der Waals surface area contributed by atoms with E-state index in [2.05, 4.69) is 10.2 Å². The maximum absolute atomic E-state index is 11.6. The largest absolute Gasteiger partial charge is 0.508 e. The Hall–Kier alpha value is -1.55. The average Bonchev–Trinajstić information content (AvgIpc) is 2.31. The Morgan fingerprint density at radius 3 is 2.50 bits per heavy atom. The lowest BCUT2D eigenvalue weighted by atomic mass is 10.1. The molecule has 0 spiro atoms. The van der Waals surface area contributed by atoms with Crippen LogP contribution in [0.3, 0.4) is 0 Å². The van der Waals surface area contributed by atoms with Crippen molar-refractivity contribution in [2.24, 2.45) is 0 Å². The van der Waals surface area contributed by atoms with E-state index in [1.54, 1.807) is 24.3 Å². The highest BCUT2D eigenvalue weighted by molar-refractivity contribution is 5.78. The summed E-state index contributed by atoms with van der Waals surface area (Å²) in [5.41, 5.74) is 0.915. The molecule has 1 rings (SSSR count). The predicted octanol–water partition coefficient (Wildman–Crippen LogP) is 1.39. The normalized spacial score (nSPS) is 10.6. The van der Waals surface area contributed by atoms with E-state index in [4.69, 9.17) is 5.11 Å². The van der Waals surface area contributed by atoms with Crippen LogP contribution in [0.4, 0.5) is 0 Å². The van der Waals surface area contributed by atoms with Gasteiger partial charge in [-0.15, -0.1) is 0 Å². The van der Waals surface area contributed by atoms with Gasteiger partial charge in [0.25, 0.3) is 0 Å². The van der Waals surface area contributed by atoms with Crippen molar-refractivity contribution in [1.29, 1.82) is 0 Å². The molecule has 1 amide bonds. The first-order valence-corrected chi connectivity index (χ1v) is 6.27. The number of aromatic hydroxyl groups is 1. The molecule has 2 N–H and O–H groups in total. The number of phenols is 1. The van der Waals surface area contributed by atoms with Gasteiger partial charge >= 0.3 is 0 Å². The number of amides is 1. The van der Waals surface area contributed by atoms with Crippen LogP contribution >= 0.6 is 0 Å². The number of phenolic OH excluding ortho intramolecular Hbond substituents is 1. The zero-order valence-electron chi connectivity index (χ0n) is 11.1. The third-order valence-electron chi connectivity index (χ3n) is 2.66. The van der Waals surface area contributed by atoms with Gasteiger partial charge < -0.3 is 15.3 Å². The molecule has 0 radical (unpaired) electrons. The van der Waals surface area contributed by atoms with Gasteiger partial charge in [-0.3, -0.25) is 4.79 Å². The lowest BCUT2D eigenvalue weighted by molar-refractivity contribution is -0.120. The Morgan fingerprint density at radius 1 is 1.22 bits per heavy atom. The summed E-state index contributed by atoms with van der Waals surface area (Å²) in [5, 5.41) is 12.0. The molecule has 0 fully saturated rings. The molecule has 0 saturated carbocycles. The second kappa shape index (κ2) is 7.71. The number of rotatable bonds is 7. The van der Waals surface area contributed by atoms with Crippen molar-refractivity contribution >= 4 is 5.91 Å². The van der Waals surface area contributed by atoms with Gasteiger partial charge in [-0.1, -0.05) is 12.1 Å². The minimum atomic E-state index is 0.0329. The number of carbonyl (C=O) groups is 1. The smallest absolute Gasteiger partial charge is 0.224 e. The fourth-order valence-electron chi connectivity index (χ4n) is 1.64. The van der Waals surface area contributed by atoms with Crippen LogP contribution in [0.2, 0.25) is 0 Å². The van der Waals surface area contributed by atoms with Crippen LogP contribution in [-0.2, 0) is 11.2 Å². The van der Waals surface area contributed by atoms with Crippen LogP contribution in [0, 0.1) is 0 Å². The van der Waals surface area contributed by atoms with Crippen LogP contribution in [0.15, 0.2) is 24.3 Å². The van der Waals surface area contributed by atoms with Crippen LogP contribution in [0.1, 0.15) is 18.4 Å². The van der Waals surface area contributed by atoms with Gasteiger partial charge in [-0.25, -0.2) is 0 Å². The van der Waals surface area contributed by atoms with E-state index >= 15 is 0 Å². The van der Waals surface area contributed by atoms with Crippen molar-refractivity contribution in [2.45, 2.75) is 19.3 Å². The molecule has 1 aromatic carbocycles. The monoisotopic (exact) mass is 250 g/mol. The first-order valence-electron chi connectivity index (χ1n) is 6.27. The van der Waals surface area contributed by atoms with Gasteiger partial charge in [0.2, 0.25) is 5.91 Å². The van der Waals surface area contributed by atoms with Crippen molar-refractivity contribution in [3.63, 3.8) is 0 Å². The zero-order chi connectivity index (χ0) is 13.4. The van der Waals surface area contributed by atoms with E-state index in [0.717, 1.165) is 31.5 Å². The molecule has 0 aliphatic heterocycles. The number of unbranched alkanes of at least 4 members (excludes halogenated alkanes) is 1. The number of benzene rings is 1. The quantitative estimate of drug-likeness (QED) is 0.719. The van der Waals surface area contributed by atoms with Gasteiger partial charge in [0.1, 0.15) is 5.75 Å². The molecule has 100 valence electrons. The summed E-state index contributed by atoms with van der Waals surface area (Å²) in [7, 11) is 4.09. The van der Waals surface area contributed by atoms with Crippen molar-refractivity contribution in [1.82, 2.24) is 10.2 Å². The van der Waals surface area contributed by atoms with Gasteiger partial charge in [0.05, 0.1) is 6.42 Å². The maximum Gasteiger partial charge on any atom is 0.224 e. The molecular formula is C14H22N2O2. The summed E-state index contributed by atoms with van der Waals surface area (Å²) in [6.07, 6.45) is 2.46. The molecule has 0 aromatic heterocycles. The third kappa shape index (κ3) is 6.25. The molecule has 0 bridgehead atoms. The van der Waals surface area contributed by atoms with Crippen LogP contribution in [0.5, 0.6) is 5.75 Å². The predicted molar refractivity (Wildman–Crippen MR) is 72.6 cm³/mol.